The van der Waals surface area contributed by atoms with Crippen LogP contribution in [0.3, 0.4) is 0 Å². The monoisotopic (exact) mass is 423 g/mol. The molecule has 1 amide bonds. The molecule has 8 heteroatoms. The van der Waals surface area contributed by atoms with Gasteiger partial charge in [-0.2, -0.15) is 0 Å². The Bertz CT molecular complexity index is 1180. The van der Waals surface area contributed by atoms with E-state index in [-0.39, 0.29) is 24.1 Å². The lowest BCUT2D eigenvalue weighted by Crippen LogP contribution is -2.47. The van der Waals surface area contributed by atoms with Gasteiger partial charge in [-0.3, -0.25) is 9.36 Å². The molecule has 1 aromatic heterocycles. The third kappa shape index (κ3) is 3.59. The van der Waals surface area contributed by atoms with Gasteiger partial charge in [-0.05, 0) is 68.8 Å². The van der Waals surface area contributed by atoms with E-state index in [1.807, 2.05) is 18.4 Å². The number of imidazole rings is 1. The molecule has 0 aliphatic carbocycles. The number of halogens is 2. The van der Waals surface area contributed by atoms with Crippen LogP contribution in [0.15, 0.2) is 48.7 Å². The van der Waals surface area contributed by atoms with Gasteiger partial charge >= 0.3 is 0 Å². The maximum Gasteiger partial charge on any atom is 0.241 e. The second-order valence-electron chi connectivity index (χ2n) is 7.92. The summed E-state index contributed by atoms with van der Waals surface area (Å²) in [6.07, 6.45) is 3.40. The van der Waals surface area contributed by atoms with Crippen molar-refractivity contribution in [2.75, 3.05) is 11.9 Å². The fourth-order valence-corrected chi connectivity index (χ4v) is 3.72. The van der Waals surface area contributed by atoms with Crippen molar-refractivity contribution in [2.45, 2.75) is 26.3 Å². The summed E-state index contributed by atoms with van der Waals surface area (Å²) < 4.78 is 29.1. The maximum atomic E-state index is 13.7. The molecule has 0 radical (unpaired) electrons. The summed E-state index contributed by atoms with van der Waals surface area (Å²) in [4.78, 5) is 18.7. The van der Waals surface area contributed by atoms with Gasteiger partial charge < -0.3 is 16.0 Å². The molecule has 6 nitrogen and oxygen atoms in total. The number of carbonyl (C=O) groups excluding carboxylic acids is 1. The lowest BCUT2D eigenvalue weighted by molar-refractivity contribution is -0.132. The molecule has 1 aliphatic rings. The molecule has 31 heavy (non-hydrogen) atoms. The predicted octanol–water partition coefficient (Wildman–Crippen LogP) is 4.34. The van der Waals surface area contributed by atoms with Gasteiger partial charge in [0.25, 0.3) is 0 Å². The van der Waals surface area contributed by atoms with E-state index in [2.05, 4.69) is 5.32 Å². The lowest BCUT2D eigenvalue weighted by Gasteiger charge is -2.38. The van der Waals surface area contributed by atoms with Crippen LogP contribution in [0.25, 0.3) is 17.5 Å². The summed E-state index contributed by atoms with van der Waals surface area (Å²) in [5.74, 6) is 0.352. The van der Waals surface area contributed by atoms with Crippen LogP contribution in [0.1, 0.15) is 25.2 Å². The quantitative estimate of drug-likeness (QED) is 0.654. The van der Waals surface area contributed by atoms with Crippen molar-refractivity contribution < 1.29 is 13.6 Å². The second-order valence-corrected chi connectivity index (χ2v) is 7.92. The smallest absolute Gasteiger partial charge is 0.241 e. The average molecular weight is 423 g/mol. The van der Waals surface area contributed by atoms with Crippen LogP contribution < -0.4 is 11.1 Å². The van der Waals surface area contributed by atoms with Crippen molar-refractivity contribution in [1.82, 2.24) is 14.5 Å². The number of amides is 1. The van der Waals surface area contributed by atoms with Gasteiger partial charge in [0.1, 0.15) is 34.5 Å². The summed E-state index contributed by atoms with van der Waals surface area (Å²) in [5, 5.41) is 3.32. The number of nitrogens with two attached hydrogens (primary N) is 1. The Balaban J connectivity index is 1.88. The highest BCUT2D eigenvalue weighted by molar-refractivity contribution is 5.83. The number of hydrogen-bond acceptors (Lipinski definition) is 4. The zero-order valence-corrected chi connectivity index (χ0v) is 17.5. The third-order valence-corrected chi connectivity index (χ3v) is 5.41. The second kappa shape index (κ2) is 7.63. The predicted molar refractivity (Wildman–Crippen MR) is 116 cm³/mol. The minimum absolute atomic E-state index is 0.126. The van der Waals surface area contributed by atoms with Crippen LogP contribution in [0.4, 0.5) is 20.3 Å². The fraction of sp³-hybridized carbons (Fsp3) is 0.217. The minimum Gasteiger partial charge on any atom is -0.339 e. The van der Waals surface area contributed by atoms with E-state index >= 15 is 0 Å². The van der Waals surface area contributed by atoms with E-state index in [4.69, 9.17) is 10.7 Å². The Morgan fingerprint density at radius 1 is 1.13 bits per heavy atom. The van der Waals surface area contributed by atoms with Gasteiger partial charge in [-0.15, -0.1) is 0 Å². The van der Waals surface area contributed by atoms with E-state index in [0.29, 0.717) is 34.2 Å². The fourth-order valence-electron chi connectivity index (χ4n) is 3.72. The molecule has 0 unspecified atom stereocenters. The first-order valence-corrected chi connectivity index (χ1v) is 9.84. The molecule has 0 atom stereocenters. The van der Waals surface area contributed by atoms with Gasteiger partial charge in [-0.25, -0.2) is 13.8 Å². The molecule has 0 saturated heterocycles. The summed E-state index contributed by atoms with van der Waals surface area (Å²) in [7, 11) is 0. The number of carbonyl (C=O) groups is 1. The van der Waals surface area contributed by atoms with Crippen LogP contribution in [-0.2, 0) is 10.3 Å². The Hall–Kier alpha value is -3.52. The molecule has 4 rings (SSSR count). The largest absolute Gasteiger partial charge is 0.339 e. The Morgan fingerprint density at radius 2 is 1.84 bits per heavy atom. The summed E-state index contributed by atoms with van der Waals surface area (Å²) >= 11 is 0. The maximum absolute atomic E-state index is 13.7. The average Bonchev–Trinajstić information content (AvgIpc) is 3.10. The molecule has 2 heterocycles. The van der Waals surface area contributed by atoms with Crippen molar-refractivity contribution in [3.63, 3.8) is 0 Å². The number of benzene rings is 2. The number of anilines is 2. The molecule has 2 aromatic carbocycles. The highest BCUT2D eigenvalue weighted by Crippen LogP contribution is 2.39. The van der Waals surface area contributed by atoms with Gasteiger partial charge in [0.05, 0.1) is 6.54 Å². The number of hydrogen-bond donors (Lipinski definition) is 2. The topological polar surface area (TPSA) is 76.2 Å². The van der Waals surface area contributed by atoms with Crippen molar-refractivity contribution in [1.29, 1.82) is 0 Å². The van der Waals surface area contributed by atoms with Crippen LogP contribution in [0, 0.1) is 18.6 Å². The van der Waals surface area contributed by atoms with E-state index in [1.165, 1.54) is 18.2 Å². The summed E-state index contributed by atoms with van der Waals surface area (Å²) in [6, 6.07) is 10.7. The van der Waals surface area contributed by atoms with Gasteiger partial charge in [0.2, 0.25) is 5.91 Å². The Morgan fingerprint density at radius 3 is 2.48 bits per heavy atom. The first-order valence-electron chi connectivity index (χ1n) is 9.84. The van der Waals surface area contributed by atoms with Crippen LogP contribution >= 0.6 is 0 Å². The van der Waals surface area contributed by atoms with Gasteiger partial charge in [0, 0.05) is 23.7 Å². The van der Waals surface area contributed by atoms with Crippen LogP contribution in [0.5, 0.6) is 0 Å². The van der Waals surface area contributed by atoms with Crippen molar-refractivity contribution >= 4 is 23.6 Å². The number of fused-ring (bicyclic) bond motifs is 1. The van der Waals surface area contributed by atoms with Gasteiger partial charge in [0.15, 0.2) is 0 Å². The minimum atomic E-state index is -0.779. The molecular weight excluding hydrogens is 400 g/mol. The zero-order valence-electron chi connectivity index (χ0n) is 17.5. The van der Waals surface area contributed by atoms with Crippen LogP contribution in [-0.4, -0.2) is 26.9 Å². The molecule has 0 spiro atoms. The molecule has 0 fully saturated rings. The number of rotatable bonds is 4. The van der Waals surface area contributed by atoms with E-state index < -0.39 is 5.54 Å². The van der Waals surface area contributed by atoms with Crippen molar-refractivity contribution in [3.8, 4) is 11.3 Å². The normalized spacial score (nSPS) is 14.5. The molecule has 1 aliphatic heterocycles. The third-order valence-electron chi connectivity index (χ3n) is 5.41. The zero-order chi connectivity index (χ0) is 22.3. The van der Waals surface area contributed by atoms with Crippen molar-refractivity contribution in [2.24, 2.45) is 5.73 Å². The first kappa shape index (κ1) is 20.7. The lowest BCUT2D eigenvalue weighted by atomic mass is 10.0. The molecule has 0 saturated carbocycles. The van der Waals surface area contributed by atoms with Gasteiger partial charge in [-0.1, -0.05) is 0 Å². The highest BCUT2D eigenvalue weighted by Gasteiger charge is 2.39. The highest BCUT2D eigenvalue weighted by atomic mass is 19.1. The van der Waals surface area contributed by atoms with E-state index in [1.54, 1.807) is 48.5 Å². The Kier molecular flexibility index (Phi) is 5.10. The van der Waals surface area contributed by atoms with E-state index in [0.717, 1.165) is 0 Å². The number of aromatic nitrogens is 2. The Labute approximate surface area is 179 Å². The first-order chi connectivity index (χ1) is 14.7. The molecular formula is C23H23F2N5O. The summed E-state index contributed by atoms with van der Waals surface area (Å²) in [5.41, 5.74) is 7.26. The van der Waals surface area contributed by atoms with Crippen LogP contribution in [0.2, 0.25) is 0 Å². The molecule has 3 N–H and O–H groups in total. The standard InChI is InChI=1S/C23H23F2N5O/c1-14-12-17(8-9-18(14)25)27-21-20(15-4-6-16(24)7-5-15)28-22-23(2,3)30(19(31)13-26)11-10-29(21)22/h4-12,27H,13,26H2,1-3H3. The molecule has 0 bridgehead atoms. The van der Waals surface area contributed by atoms with E-state index in [9.17, 15) is 13.6 Å². The van der Waals surface area contributed by atoms with Crippen molar-refractivity contribution in [3.05, 3.63) is 71.7 Å². The molecule has 160 valence electrons. The SMILES string of the molecule is Cc1cc(Nc2c(-c3ccc(F)cc3)nc3n2C=CN(C(=O)CN)C3(C)C)ccc1F. The molecule has 3 aromatic rings. The number of nitrogens with zero attached hydrogens (tertiary/aromatic N) is 3. The number of aryl methyl sites for hydroxylation is 1. The summed E-state index contributed by atoms with van der Waals surface area (Å²) in [6.45, 7) is 5.32. The number of nitrogens with one attached hydrogen (secondary N) is 1.